The maximum Gasteiger partial charge on any atom is 0.152 e. The van der Waals surface area contributed by atoms with E-state index in [1.165, 1.54) is 0 Å². The van der Waals surface area contributed by atoms with Gasteiger partial charge in [0.15, 0.2) is 5.58 Å². The lowest BCUT2D eigenvalue weighted by molar-refractivity contribution is 0.472. The highest BCUT2D eigenvalue weighted by Gasteiger charge is 2.19. The van der Waals surface area contributed by atoms with E-state index >= 15 is 0 Å². The summed E-state index contributed by atoms with van der Waals surface area (Å²) in [4.78, 5) is 0. The SMILES string of the molecule is CCNC(c1ccoc1)c1cc2cccc(Cl)c2o1. The fraction of sp³-hybridized carbons (Fsp3) is 0.200. The number of para-hydroxylation sites is 1. The summed E-state index contributed by atoms with van der Waals surface area (Å²) in [5, 5.41) is 5.02. The van der Waals surface area contributed by atoms with Gasteiger partial charge in [0.2, 0.25) is 0 Å². The molecule has 19 heavy (non-hydrogen) atoms. The van der Waals surface area contributed by atoms with Crippen LogP contribution in [0.5, 0.6) is 0 Å². The molecule has 0 aliphatic rings. The Bertz CT molecular complexity index is 673. The summed E-state index contributed by atoms with van der Waals surface area (Å²) in [7, 11) is 0. The number of furan rings is 2. The third-order valence-corrected chi connectivity index (χ3v) is 3.38. The van der Waals surface area contributed by atoms with E-state index < -0.39 is 0 Å². The average molecular weight is 276 g/mol. The van der Waals surface area contributed by atoms with Crippen molar-refractivity contribution in [3.63, 3.8) is 0 Å². The van der Waals surface area contributed by atoms with Crippen molar-refractivity contribution in [1.82, 2.24) is 5.32 Å². The van der Waals surface area contributed by atoms with Crippen molar-refractivity contribution in [2.24, 2.45) is 0 Å². The van der Waals surface area contributed by atoms with Crippen molar-refractivity contribution in [2.45, 2.75) is 13.0 Å². The van der Waals surface area contributed by atoms with Crippen molar-refractivity contribution in [3.8, 4) is 0 Å². The molecule has 0 spiro atoms. The Labute approximate surface area is 116 Å². The predicted molar refractivity (Wildman–Crippen MR) is 75.5 cm³/mol. The van der Waals surface area contributed by atoms with E-state index in [1.807, 2.05) is 30.3 Å². The predicted octanol–water partition coefficient (Wildman–Crippen LogP) is 4.38. The molecule has 0 radical (unpaired) electrons. The van der Waals surface area contributed by atoms with Gasteiger partial charge in [0.1, 0.15) is 5.76 Å². The van der Waals surface area contributed by atoms with E-state index in [0.29, 0.717) is 5.02 Å². The largest absolute Gasteiger partial charge is 0.472 e. The fourth-order valence-electron chi connectivity index (χ4n) is 2.22. The third kappa shape index (κ3) is 2.27. The van der Waals surface area contributed by atoms with Crippen molar-refractivity contribution in [3.05, 3.63) is 59.2 Å². The van der Waals surface area contributed by atoms with Gasteiger partial charge in [-0.15, -0.1) is 0 Å². The van der Waals surface area contributed by atoms with Crippen LogP contribution in [0.2, 0.25) is 5.02 Å². The van der Waals surface area contributed by atoms with Crippen LogP contribution in [0.25, 0.3) is 11.0 Å². The normalized spacial score (nSPS) is 12.9. The fourth-order valence-corrected chi connectivity index (χ4v) is 2.44. The topological polar surface area (TPSA) is 38.3 Å². The van der Waals surface area contributed by atoms with Gasteiger partial charge in [0.25, 0.3) is 0 Å². The van der Waals surface area contributed by atoms with Crippen LogP contribution in [0, 0.1) is 0 Å². The lowest BCUT2D eigenvalue weighted by Crippen LogP contribution is -2.20. The van der Waals surface area contributed by atoms with Gasteiger partial charge in [-0.1, -0.05) is 30.7 Å². The van der Waals surface area contributed by atoms with Gasteiger partial charge in [-0.25, -0.2) is 0 Å². The monoisotopic (exact) mass is 275 g/mol. The van der Waals surface area contributed by atoms with Crippen LogP contribution in [0.4, 0.5) is 0 Å². The third-order valence-electron chi connectivity index (χ3n) is 3.08. The van der Waals surface area contributed by atoms with Gasteiger partial charge in [0.05, 0.1) is 23.6 Å². The molecule has 1 N–H and O–H groups in total. The molecule has 0 fully saturated rings. The Morgan fingerprint density at radius 3 is 2.89 bits per heavy atom. The molecule has 0 saturated heterocycles. The van der Waals surface area contributed by atoms with E-state index in [-0.39, 0.29) is 6.04 Å². The highest BCUT2D eigenvalue weighted by atomic mass is 35.5. The molecule has 1 atom stereocenters. The number of hydrogen-bond donors (Lipinski definition) is 1. The van der Waals surface area contributed by atoms with Gasteiger partial charge in [-0.2, -0.15) is 0 Å². The molecule has 98 valence electrons. The minimum Gasteiger partial charge on any atom is -0.472 e. The van der Waals surface area contributed by atoms with Crippen LogP contribution in [-0.2, 0) is 0 Å². The molecule has 2 aromatic heterocycles. The summed E-state index contributed by atoms with van der Waals surface area (Å²) in [5.41, 5.74) is 1.77. The van der Waals surface area contributed by atoms with Gasteiger partial charge < -0.3 is 14.2 Å². The van der Waals surface area contributed by atoms with E-state index in [2.05, 4.69) is 12.2 Å². The molecule has 3 rings (SSSR count). The number of rotatable bonds is 4. The smallest absolute Gasteiger partial charge is 0.152 e. The summed E-state index contributed by atoms with van der Waals surface area (Å²) in [6, 6.07) is 9.67. The van der Waals surface area contributed by atoms with Crippen LogP contribution >= 0.6 is 11.6 Å². The molecule has 0 aliphatic heterocycles. The summed E-state index contributed by atoms with van der Waals surface area (Å²) >= 11 is 6.14. The van der Waals surface area contributed by atoms with Gasteiger partial charge in [-0.3, -0.25) is 0 Å². The molecule has 2 heterocycles. The first-order valence-corrected chi connectivity index (χ1v) is 6.61. The van der Waals surface area contributed by atoms with Gasteiger partial charge >= 0.3 is 0 Å². The summed E-state index contributed by atoms with van der Waals surface area (Å²) in [6.07, 6.45) is 3.39. The number of hydrogen-bond acceptors (Lipinski definition) is 3. The second-order valence-corrected chi connectivity index (χ2v) is 4.76. The van der Waals surface area contributed by atoms with Crippen LogP contribution < -0.4 is 5.32 Å². The molecule has 3 aromatic rings. The molecule has 3 nitrogen and oxygen atoms in total. The first-order chi connectivity index (χ1) is 9.29. The first kappa shape index (κ1) is 12.3. The minimum absolute atomic E-state index is 0.0211. The molecular weight excluding hydrogens is 262 g/mol. The highest BCUT2D eigenvalue weighted by molar-refractivity contribution is 6.34. The number of nitrogens with one attached hydrogen (secondary N) is 1. The van der Waals surface area contributed by atoms with Crippen LogP contribution in [0.15, 0.2) is 51.7 Å². The van der Waals surface area contributed by atoms with Crippen molar-refractivity contribution in [2.75, 3.05) is 6.54 Å². The second kappa shape index (κ2) is 5.11. The molecule has 4 heteroatoms. The zero-order valence-corrected chi connectivity index (χ0v) is 11.3. The van der Waals surface area contributed by atoms with Crippen LogP contribution in [-0.4, -0.2) is 6.54 Å². The zero-order valence-electron chi connectivity index (χ0n) is 10.5. The molecule has 1 unspecified atom stereocenters. The quantitative estimate of drug-likeness (QED) is 0.768. The Balaban J connectivity index is 2.08. The average Bonchev–Trinajstić information content (AvgIpc) is 3.05. The molecule has 0 bridgehead atoms. The number of benzene rings is 1. The van der Waals surface area contributed by atoms with Crippen molar-refractivity contribution < 1.29 is 8.83 Å². The Morgan fingerprint density at radius 1 is 1.32 bits per heavy atom. The lowest BCUT2D eigenvalue weighted by Gasteiger charge is -2.13. The molecule has 0 saturated carbocycles. The van der Waals surface area contributed by atoms with E-state index in [4.69, 9.17) is 20.4 Å². The number of fused-ring (bicyclic) bond motifs is 1. The molecule has 0 amide bonds. The van der Waals surface area contributed by atoms with Crippen LogP contribution in [0.1, 0.15) is 24.3 Å². The number of halogens is 1. The summed E-state index contributed by atoms with van der Waals surface area (Å²) in [5.74, 6) is 0.839. The first-order valence-electron chi connectivity index (χ1n) is 6.23. The molecule has 1 aromatic carbocycles. The Hall–Kier alpha value is -1.71. The Morgan fingerprint density at radius 2 is 2.21 bits per heavy atom. The van der Waals surface area contributed by atoms with Gasteiger partial charge in [-0.05, 0) is 24.7 Å². The van der Waals surface area contributed by atoms with E-state index in [9.17, 15) is 0 Å². The Kier molecular flexibility index (Phi) is 3.32. The molecular formula is C15H14ClNO2. The van der Waals surface area contributed by atoms with Crippen molar-refractivity contribution >= 4 is 22.6 Å². The van der Waals surface area contributed by atoms with Gasteiger partial charge in [0, 0.05) is 10.9 Å². The zero-order chi connectivity index (χ0) is 13.2. The maximum atomic E-state index is 6.14. The molecule has 0 aliphatic carbocycles. The highest BCUT2D eigenvalue weighted by Crippen LogP contribution is 2.32. The van der Waals surface area contributed by atoms with Crippen molar-refractivity contribution in [1.29, 1.82) is 0 Å². The lowest BCUT2D eigenvalue weighted by atomic mass is 10.1. The maximum absolute atomic E-state index is 6.14. The standard InChI is InChI=1S/C15H14ClNO2/c1-2-17-14(11-6-7-18-9-11)13-8-10-4-3-5-12(16)15(10)19-13/h3-9,14,17H,2H2,1H3. The second-order valence-electron chi connectivity index (χ2n) is 4.35. The van der Waals surface area contributed by atoms with Crippen LogP contribution in [0.3, 0.4) is 0 Å². The minimum atomic E-state index is -0.0211. The summed E-state index contributed by atoms with van der Waals surface area (Å²) in [6.45, 7) is 2.89. The van der Waals surface area contributed by atoms with E-state index in [0.717, 1.165) is 28.8 Å². The van der Waals surface area contributed by atoms with E-state index in [1.54, 1.807) is 12.5 Å². The summed E-state index contributed by atoms with van der Waals surface area (Å²) < 4.78 is 11.1.